The zero-order chi connectivity index (χ0) is 8.97. The van der Waals surface area contributed by atoms with Crippen LogP contribution < -0.4 is 4.74 Å². The third-order valence-electron chi connectivity index (χ3n) is 1.48. The molecule has 0 aromatic carbocycles. The molecule has 0 saturated carbocycles. The Morgan fingerprint density at radius 2 is 2.42 bits per heavy atom. The third kappa shape index (κ3) is 1.83. The maximum atomic E-state index is 9.31. The Bertz CT molecular complexity index is 273. The quantitative estimate of drug-likeness (QED) is 0.686. The highest BCUT2D eigenvalue weighted by atomic mass is 16.5. The minimum atomic E-state index is -0.722. The largest absolute Gasteiger partial charge is 0.481 e. The molecular formula is C9H11NO2. The second kappa shape index (κ2) is 3.88. The first kappa shape index (κ1) is 8.74. The molecule has 0 aliphatic rings. The average Bonchev–Trinajstić information content (AvgIpc) is 2.17. The highest BCUT2D eigenvalue weighted by molar-refractivity contribution is 5.19. The number of rotatable bonds is 3. The number of aromatic nitrogens is 1. The first-order valence-electron chi connectivity index (χ1n) is 3.59. The van der Waals surface area contributed by atoms with Crippen LogP contribution in [-0.2, 0) is 0 Å². The van der Waals surface area contributed by atoms with Gasteiger partial charge in [-0.3, -0.25) is 0 Å². The summed E-state index contributed by atoms with van der Waals surface area (Å²) in [7, 11) is 1.53. The summed E-state index contributed by atoms with van der Waals surface area (Å²) in [6.45, 7) is 3.46. The van der Waals surface area contributed by atoms with Crippen molar-refractivity contribution in [2.45, 2.75) is 6.10 Å². The number of ether oxygens (including phenoxy) is 1. The summed E-state index contributed by atoms with van der Waals surface area (Å²) in [4.78, 5) is 4.02. The van der Waals surface area contributed by atoms with Crippen LogP contribution >= 0.6 is 0 Å². The van der Waals surface area contributed by atoms with E-state index in [2.05, 4.69) is 11.6 Å². The lowest BCUT2D eigenvalue weighted by Crippen LogP contribution is -1.97. The predicted molar refractivity (Wildman–Crippen MR) is 45.9 cm³/mol. The van der Waals surface area contributed by atoms with Gasteiger partial charge in [-0.15, -0.1) is 6.58 Å². The van der Waals surface area contributed by atoms with Gasteiger partial charge in [0.15, 0.2) is 0 Å². The average molecular weight is 165 g/mol. The summed E-state index contributed by atoms with van der Waals surface area (Å²) in [5, 5.41) is 9.31. The van der Waals surface area contributed by atoms with Crippen LogP contribution in [0.4, 0.5) is 0 Å². The Kier molecular flexibility index (Phi) is 2.82. The van der Waals surface area contributed by atoms with Crippen molar-refractivity contribution >= 4 is 0 Å². The standard InChI is InChI=1S/C9H11NO2/c1-3-8(11)7-5-4-6-9(10-7)12-2/h3-6,8,11H,1H2,2H3. The van der Waals surface area contributed by atoms with Crippen molar-refractivity contribution in [3.63, 3.8) is 0 Å². The van der Waals surface area contributed by atoms with Crippen LogP contribution in [0, 0.1) is 0 Å². The molecule has 1 aromatic rings. The Balaban J connectivity index is 2.93. The molecule has 1 aromatic heterocycles. The summed E-state index contributed by atoms with van der Waals surface area (Å²) < 4.78 is 4.89. The number of aliphatic hydroxyl groups excluding tert-OH is 1. The van der Waals surface area contributed by atoms with Crippen molar-refractivity contribution < 1.29 is 9.84 Å². The normalized spacial score (nSPS) is 12.2. The van der Waals surface area contributed by atoms with Gasteiger partial charge in [0.2, 0.25) is 5.88 Å². The Hall–Kier alpha value is -1.35. The van der Waals surface area contributed by atoms with Crippen LogP contribution in [0.5, 0.6) is 5.88 Å². The molecule has 3 heteroatoms. The lowest BCUT2D eigenvalue weighted by Gasteiger charge is -2.05. The molecule has 1 heterocycles. The van der Waals surface area contributed by atoms with Crippen molar-refractivity contribution in [3.8, 4) is 5.88 Å². The Morgan fingerprint density at radius 1 is 1.67 bits per heavy atom. The number of methoxy groups -OCH3 is 1. The summed E-state index contributed by atoms with van der Waals surface area (Å²) in [5.74, 6) is 0.494. The van der Waals surface area contributed by atoms with E-state index in [0.717, 1.165) is 0 Å². The zero-order valence-electron chi connectivity index (χ0n) is 6.90. The number of aliphatic hydroxyl groups is 1. The SMILES string of the molecule is C=CC(O)c1cccc(OC)n1. The number of nitrogens with zero attached hydrogens (tertiary/aromatic N) is 1. The number of hydrogen-bond donors (Lipinski definition) is 1. The van der Waals surface area contributed by atoms with Crippen LogP contribution in [0.1, 0.15) is 11.8 Å². The highest BCUT2D eigenvalue weighted by Crippen LogP contribution is 2.14. The Morgan fingerprint density at radius 3 is 3.00 bits per heavy atom. The molecule has 64 valence electrons. The van der Waals surface area contributed by atoms with Gasteiger partial charge in [0, 0.05) is 6.07 Å². The number of pyridine rings is 1. The molecule has 1 unspecified atom stereocenters. The first-order chi connectivity index (χ1) is 5.77. The van der Waals surface area contributed by atoms with Gasteiger partial charge in [-0.2, -0.15) is 0 Å². The summed E-state index contributed by atoms with van der Waals surface area (Å²) in [6.07, 6.45) is 0.696. The van der Waals surface area contributed by atoms with Crippen LogP contribution in [0.25, 0.3) is 0 Å². The lowest BCUT2D eigenvalue weighted by atomic mass is 10.2. The van der Waals surface area contributed by atoms with Crippen molar-refractivity contribution in [3.05, 3.63) is 36.5 Å². The predicted octanol–water partition coefficient (Wildman–Crippen LogP) is 1.31. The molecule has 0 spiro atoms. The van der Waals surface area contributed by atoms with Gasteiger partial charge in [0.05, 0.1) is 12.8 Å². The fourth-order valence-electron chi connectivity index (χ4n) is 0.830. The topological polar surface area (TPSA) is 42.4 Å². The minimum absolute atomic E-state index is 0.494. The third-order valence-corrected chi connectivity index (χ3v) is 1.48. The smallest absolute Gasteiger partial charge is 0.213 e. The van der Waals surface area contributed by atoms with Gasteiger partial charge < -0.3 is 9.84 Å². The Labute approximate surface area is 71.3 Å². The van der Waals surface area contributed by atoms with Crippen LogP contribution in [0.15, 0.2) is 30.9 Å². The van der Waals surface area contributed by atoms with E-state index in [1.165, 1.54) is 13.2 Å². The molecule has 0 saturated heterocycles. The van der Waals surface area contributed by atoms with Gasteiger partial charge in [0.1, 0.15) is 6.10 Å². The second-order valence-corrected chi connectivity index (χ2v) is 2.29. The first-order valence-corrected chi connectivity index (χ1v) is 3.59. The maximum Gasteiger partial charge on any atom is 0.213 e. The molecule has 0 bridgehead atoms. The fourth-order valence-corrected chi connectivity index (χ4v) is 0.830. The molecule has 0 radical (unpaired) electrons. The monoisotopic (exact) mass is 165 g/mol. The molecule has 0 amide bonds. The van der Waals surface area contributed by atoms with Crippen molar-refractivity contribution in [1.29, 1.82) is 0 Å². The van der Waals surface area contributed by atoms with E-state index in [0.29, 0.717) is 11.6 Å². The van der Waals surface area contributed by atoms with Crippen molar-refractivity contribution in [2.75, 3.05) is 7.11 Å². The summed E-state index contributed by atoms with van der Waals surface area (Å²) in [5.41, 5.74) is 0.546. The maximum absolute atomic E-state index is 9.31. The molecule has 1 atom stereocenters. The van der Waals surface area contributed by atoms with E-state index in [4.69, 9.17) is 4.74 Å². The molecule has 0 aliphatic carbocycles. The van der Waals surface area contributed by atoms with Gasteiger partial charge in [0.25, 0.3) is 0 Å². The van der Waals surface area contributed by atoms with Gasteiger partial charge >= 0.3 is 0 Å². The molecule has 3 nitrogen and oxygen atoms in total. The molecule has 1 N–H and O–H groups in total. The molecule has 0 aliphatic heterocycles. The summed E-state index contributed by atoms with van der Waals surface area (Å²) >= 11 is 0. The van der Waals surface area contributed by atoms with E-state index < -0.39 is 6.10 Å². The number of hydrogen-bond acceptors (Lipinski definition) is 3. The minimum Gasteiger partial charge on any atom is -0.481 e. The molecule has 0 fully saturated rings. The zero-order valence-corrected chi connectivity index (χ0v) is 6.90. The van der Waals surface area contributed by atoms with E-state index in [-0.39, 0.29) is 0 Å². The summed E-state index contributed by atoms with van der Waals surface area (Å²) in [6, 6.07) is 5.21. The van der Waals surface area contributed by atoms with Gasteiger partial charge in [-0.1, -0.05) is 12.1 Å². The molecule has 12 heavy (non-hydrogen) atoms. The van der Waals surface area contributed by atoms with E-state index in [9.17, 15) is 5.11 Å². The van der Waals surface area contributed by atoms with Crippen LogP contribution in [0.2, 0.25) is 0 Å². The van der Waals surface area contributed by atoms with E-state index >= 15 is 0 Å². The highest BCUT2D eigenvalue weighted by Gasteiger charge is 2.04. The van der Waals surface area contributed by atoms with Gasteiger partial charge in [-0.25, -0.2) is 4.98 Å². The molecular weight excluding hydrogens is 154 g/mol. The fraction of sp³-hybridized carbons (Fsp3) is 0.222. The lowest BCUT2D eigenvalue weighted by molar-refractivity contribution is 0.222. The molecule has 1 rings (SSSR count). The van der Waals surface area contributed by atoms with Gasteiger partial charge in [-0.05, 0) is 6.07 Å². The van der Waals surface area contributed by atoms with Crippen LogP contribution in [0.3, 0.4) is 0 Å². The van der Waals surface area contributed by atoms with Crippen molar-refractivity contribution in [1.82, 2.24) is 4.98 Å². The van der Waals surface area contributed by atoms with E-state index in [1.807, 2.05) is 0 Å². The van der Waals surface area contributed by atoms with Crippen molar-refractivity contribution in [2.24, 2.45) is 0 Å². The second-order valence-electron chi connectivity index (χ2n) is 2.29. The van der Waals surface area contributed by atoms with Crippen LogP contribution in [-0.4, -0.2) is 17.2 Å². The van der Waals surface area contributed by atoms with E-state index in [1.54, 1.807) is 18.2 Å².